The zero-order valence-electron chi connectivity index (χ0n) is 28.9. The molecule has 3 aromatic carbocycles. The summed E-state index contributed by atoms with van der Waals surface area (Å²) in [6.45, 7) is 6.92. The van der Waals surface area contributed by atoms with Crippen LogP contribution in [0.4, 0.5) is 4.39 Å². The molecule has 48 heavy (non-hydrogen) atoms. The number of hydrogen-bond acceptors (Lipinski definition) is 3. The number of thiophene rings is 1. The minimum atomic E-state index is -1.90. The number of fused-ring (bicyclic) bond motifs is 3. The van der Waals surface area contributed by atoms with Crippen LogP contribution in [0.15, 0.2) is 85.2 Å². The summed E-state index contributed by atoms with van der Waals surface area (Å²) < 4.78 is 19.0. The minimum Gasteiger partial charge on any atom is -0.305 e. The van der Waals surface area contributed by atoms with Crippen LogP contribution in [-0.4, -0.2) is 23.2 Å². The third kappa shape index (κ3) is 8.71. The Morgan fingerprint density at radius 1 is 0.896 bits per heavy atom. The van der Waals surface area contributed by atoms with Gasteiger partial charge in [-0.25, -0.2) is 0 Å². The summed E-state index contributed by atoms with van der Waals surface area (Å²) in [5, 5.41) is 1.67. The van der Waals surface area contributed by atoms with Gasteiger partial charge < -0.3 is 4.98 Å². The van der Waals surface area contributed by atoms with Gasteiger partial charge in [0.25, 0.3) is 0 Å². The van der Waals surface area contributed by atoms with Crippen LogP contribution >= 0.6 is 11.3 Å². The molecule has 2 nitrogen and oxygen atoms in total. The van der Waals surface area contributed by atoms with Gasteiger partial charge in [0.1, 0.15) is 0 Å². The minimum absolute atomic E-state index is 0. The third-order valence-electron chi connectivity index (χ3n) is 8.99. The van der Waals surface area contributed by atoms with Crippen LogP contribution in [0.1, 0.15) is 57.6 Å². The second-order valence-corrected chi connectivity index (χ2v) is 26.9. The average molecular weight is 894 g/mol. The Bertz CT molecular complexity index is 1990. The largest absolute Gasteiger partial charge is 0.305 e. The van der Waals surface area contributed by atoms with Crippen LogP contribution in [0.2, 0.25) is 17.3 Å². The van der Waals surface area contributed by atoms with Crippen molar-refractivity contribution in [3.8, 4) is 22.5 Å². The summed E-state index contributed by atoms with van der Waals surface area (Å²) in [4.78, 5) is 9.17. The van der Waals surface area contributed by atoms with Gasteiger partial charge in [-0.15, -0.1) is 12.1 Å². The van der Waals surface area contributed by atoms with Crippen molar-refractivity contribution in [2.75, 3.05) is 0 Å². The molecule has 7 rings (SSSR count). The monoisotopic (exact) mass is 895 g/mol. The molecule has 0 spiro atoms. The molecule has 1 aliphatic carbocycles. The van der Waals surface area contributed by atoms with Crippen molar-refractivity contribution < 1.29 is 24.5 Å². The Morgan fingerprint density at radius 2 is 1.65 bits per heavy atom. The predicted molar refractivity (Wildman–Crippen MR) is 202 cm³/mol. The fraction of sp³-hybridized carbons (Fsp3) is 0.333. The standard InChI is InChI=1S/C23H19FNS.C19H26GeN.Ir/c24-23-17(9-10-21-22(23)18-7-3-4-8-20(18)26-21)19-14-16(11-12-25-19)13-15-5-1-2-6-15;1-19(2,3)13-16-12-18(15-10-8-7-9-11-15)21-14-17(16)20(4,5)6;/h3-4,7-8,10-12,14-15H,1-2,5-6,13H2;7-10,12,14H,13H2,1-6H3;/q2*-1;. The van der Waals surface area contributed by atoms with Crippen LogP contribution in [0.3, 0.4) is 0 Å². The normalized spacial score (nSPS) is 13.7. The number of halogens is 1. The van der Waals surface area contributed by atoms with Gasteiger partial charge in [0.05, 0.1) is 0 Å². The Labute approximate surface area is 306 Å². The van der Waals surface area contributed by atoms with Crippen LogP contribution in [0, 0.1) is 29.3 Å². The van der Waals surface area contributed by atoms with Crippen molar-refractivity contribution in [1.29, 1.82) is 0 Å². The topological polar surface area (TPSA) is 25.8 Å². The fourth-order valence-electron chi connectivity index (χ4n) is 6.78. The molecular weight excluding hydrogens is 848 g/mol. The summed E-state index contributed by atoms with van der Waals surface area (Å²) >= 11 is -0.284. The number of pyridine rings is 2. The van der Waals surface area contributed by atoms with Gasteiger partial charge in [-0.1, -0.05) is 61.1 Å². The van der Waals surface area contributed by atoms with Crippen molar-refractivity contribution in [3.63, 3.8) is 0 Å². The Balaban J connectivity index is 0.000000189. The van der Waals surface area contributed by atoms with E-state index < -0.39 is 13.3 Å². The zero-order valence-corrected chi connectivity index (χ0v) is 34.2. The number of hydrogen-bond donors (Lipinski definition) is 0. The Morgan fingerprint density at radius 3 is 2.35 bits per heavy atom. The summed E-state index contributed by atoms with van der Waals surface area (Å²) in [5.41, 5.74) is 6.33. The van der Waals surface area contributed by atoms with E-state index in [1.54, 1.807) is 11.3 Å². The van der Waals surface area contributed by atoms with E-state index in [2.05, 4.69) is 79.6 Å². The molecule has 0 bridgehead atoms. The maximum absolute atomic E-state index is 15.4. The third-order valence-corrected chi connectivity index (χ3v) is 14.4. The predicted octanol–water partition coefficient (Wildman–Crippen LogP) is 11.5. The molecule has 0 saturated heterocycles. The number of aromatic nitrogens is 2. The molecular formula is C42H45FGeIrN2S-2. The van der Waals surface area contributed by atoms with Gasteiger partial charge in [-0.3, -0.25) is 4.39 Å². The summed E-state index contributed by atoms with van der Waals surface area (Å²) in [6, 6.07) is 30.8. The molecule has 0 amide bonds. The molecule has 251 valence electrons. The van der Waals surface area contributed by atoms with E-state index in [0.717, 1.165) is 44.8 Å². The molecule has 0 atom stereocenters. The molecule has 0 aliphatic heterocycles. The van der Waals surface area contributed by atoms with E-state index in [4.69, 9.17) is 4.98 Å². The van der Waals surface area contributed by atoms with Crippen LogP contribution in [0.25, 0.3) is 42.7 Å². The van der Waals surface area contributed by atoms with Crippen LogP contribution in [0.5, 0.6) is 0 Å². The Hall–Kier alpha value is -2.70. The molecule has 1 saturated carbocycles. The second kappa shape index (κ2) is 15.5. The number of benzene rings is 3. The number of rotatable bonds is 6. The molecule has 3 heterocycles. The van der Waals surface area contributed by atoms with Crippen molar-refractivity contribution >= 4 is 49.2 Å². The first kappa shape index (κ1) is 36.6. The smallest absolute Gasteiger partial charge is 0.0471 e. The summed E-state index contributed by atoms with van der Waals surface area (Å²) in [7, 11) is 0. The molecule has 3 aromatic heterocycles. The molecule has 6 heteroatoms. The van der Waals surface area contributed by atoms with Crippen LogP contribution < -0.4 is 4.40 Å². The van der Waals surface area contributed by atoms with Crippen molar-refractivity contribution in [2.24, 2.45) is 11.3 Å². The van der Waals surface area contributed by atoms with E-state index in [0.29, 0.717) is 22.1 Å². The van der Waals surface area contributed by atoms with Crippen molar-refractivity contribution in [1.82, 2.24) is 9.97 Å². The maximum Gasteiger partial charge on any atom is 0.0471 e. The van der Waals surface area contributed by atoms with Crippen LogP contribution in [-0.2, 0) is 32.9 Å². The van der Waals surface area contributed by atoms with Gasteiger partial charge >= 0.3 is 132 Å². The molecule has 0 unspecified atom stereocenters. The van der Waals surface area contributed by atoms with E-state index in [-0.39, 0.29) is 25.9 Å². The molecule has 1 radical (unpaired) electrons. The van der Waals surface area contributed by atoms with Crippen molar-refractivity contribution in [2.45, 2.75) is 76.6 Å². The first-order chi connectivity index (χ1) is 22.5. The van der Waals surface area contributed by atoms with E-state index in [1.165, 1.54) is 41.2 Å². The SMILES string of the molecule is CC(C)(C)Cc1cc(-c2[c-]cccc2)nc[c]1[Ge]([CH3])([CH3])[CH3].Fc1c(-c2cc(CC3CCCC3)ccn2)[c-]cc2sc3ccccc3c12.[Ir]. The average Bonchev–Trinajstić information content (AvgIpc) is 3.69. The number of nitrogens with zero attached hydrogens (tertiary/aromatic N) is 2. The van der Waals surface area contributed by atoms with Crippen molar-refractivity contribution in [3.05, 3.63) is 114 Å². The molecule has 1 aliphatic rings. The second-order valence-electron chi connectivity index (χ2n) is 15.2. The molecule has 6 aromatic rings. The van der Waals surface area contributed by atoms with Gasteiger partial charge in [-0.2, -0.15) is 11.3 Å². The van der Waals surface area contributed by atoms with Gasteiger partial charge in [0, 0.05) is 36.8 Å². The van der Waals surface area contributed by atoms with Gasteiger partial charge in [0.15, 0.2) is 0 Å². The molecule has 0 N–H and O–H groups in total. The maximum atomic E-state index is 15.4. The Kier molecular flexibility index (Phi) is 11.8. The van der Waals surface area contributed by atoms with Gasteiger partial charge in [-0.05, 0) is 45.6 Å². The first-order valence-corrected chi connectivity index (χ1v) is 25.1. The summed E-state index contributed by atoms with van der Waals surface area (Å²) in [6.07, 6.45) is 11.4. The van der Waals surface area contributed by atoms with E-state index in [1.807, 2.05) is 60.8 Å². The first-order valence-electron chi connectivity index (χ1n) is 16.9. The fourth-order valence-corrected chi connectivity index (χ4v) is 11.2. The zero-order chi connectivity index (χ0) is 33.2. The van der Waals surface area contributed by atoms with Gasteiger partial charge in [0.2, 0.25) is 0 Å². The summed E-state index contributed by atoms with van der Waals surface area (Å²) in [5.74, 6) is 7.89. The van der Waals surface area contributed by atoms with E-state index >= 15 is 4.39 Å². The quantitative estimate of drug-likeness (QED) is 0.123. The molecule has 1 fully saturated rings. The van der Waals surface area contributed by atoms with E-state index in [9.17, 15) is 0 Å².